The van der Waals surface area contributed by atoms with Gasteiger partial charge in [0.15, 0.2) is 0 Å². The number of nitrogens with zero attached hydrogens (tertiary/aromatic N) is 4. The van der Waals surface area contributed by atoms with Crippen LogP contribution >= 0.6 is 0 Å². The number of aromatic nitrogens is 4. The molecule has 24 heavy (non-hydrogen) atoms. The molecule has 0 unspecified atom stereocenters. The fourth-order valence-electron chi connectivity index (χ4n) is 3.49. The van der Waals surface area contributed by atoms with Crippen LogP contribution in [0, 0.1) is 0 Å². The van der Waals surface area contributed by atoms with Gasteiger partial charge in [-0.3, -0.25) is 9.48 Å². The van der Waals surface area contributed by atoms with Gasteiger partial charge in [0.1, 0.15) is 23.9 Å². The molecular formula is C16H21N5O3. The first-order valence-electron chi connectivity index (χ1n) is 8.25. The monoisotopic (exact) mass is 331 g/mol. The van der Waals surface area contributed by atoms with E-state index in [4.69, 9.17) is 9.47 Å². The van der Waals surface area contributed by atoms with Crippen molar-refractivity contribution in [3.63, 3.8) is 0 Å². The van der Waals surface area contributed by atoms with E-state index in [-0.39, 0.29) is 12.0 Å². The highest BCUT2D eigenvalue weighted by atomic mass is 16.6. The van der Waals surface area contributed by atoms with Gasteiger partial charge in [0.05, 0.1) is 32.4 Å². The first-order valence-corrected chi connectivity index (χ1v) is 8.25. The van der Waals surface area contributed by atoms with Crippen LogP contribution < -0.4 is 0 Å². The summed E-state index contributed by atoms with van der Waals surface area (Å²) in [5.74, 6) is -0.00630. The molecule has 2 atom stereocenters. The summed E-state index contributed by atoms with van der Waals surface area (Å²) in [4.78, 5) is 21.4. The van der Waals surface area contributed by atoms with E-state index in [0.29, 0.717) is 38.5 Å². The van der Waals surface area contributed by atoms with Gasteiger partial charge in [-0.15, -0.1) is 0 Å². The van der Waals surface area contributed by atoms with Crippen LogP contribution in [0.1, 0.15) is 23.3 Å². The lowest BCUT2D eigenvalue weighted by molar-refractivity contribution is -0.0881. The Kier molecular flexibility index (Phi) is 4.07. The largest absolute Gasteiger partial charge is 0.377 e. The SMILES string of the molecule is O=C(c1ccc[nH]1)N1CCOC[C@]2(CC[C@@H](Cn3cncn3)O2)C1. The summed E-state index contributed by atoms with van der Waals surface area (Å²) in [6.07, 6.45) is 6.84. The van der Waals surface area contributed by atoms with Gasteiger partial charge in [-0.05, 0) is 25.0 Å². The van der Waals surface area contributed by atoms with Crippen LogP contribution in [0.25, 0.3) is 0 Å². The minimum Gasteiger partial charge on any atom is -0.377 e. The molecule has 2 saturated heterocycles. The van der Waals surface area contributed by atoms with E-state index in [1.807, 2.05) is 11.0 Å². The summed E-state index contributed by atoms with van der Waals surface area (Å²) in [6, 6.07) is 3.63. The molecule has 4 rings (SSSR count). The molecule has 0 radical (unpaired) electrons. The Morgan fingerprint density at radius 3 is 3.25 bits per heavy atom. The second kappa shape index (κ2) is 6.37. The lowest BCUT2D eigenvalue weighted by Crippen LogP contribution is -2.47. The highest BCUT2D eigenvalue weighted by molar-refractivity contribution is 5.92. The van der Waals surface area contributed by atoms with Crippen molar-refractivity contribution in [2.45, 2.75) is 31.1 Å². The van der Waals surface area contributed by atoms with E-state index >= 15 is 0 Å². The molecule has 8 nitrogen and oxygen atoms in total. The van der Waals surface area contributed by atoms with Crippen LogP contribution in [0.5, 0.6) is 0 Å². The second-order valence-corrected chi connectivity index (χ2v) is 6.44. The molecule has 0 saturated carbocycles. The zero-order chi connectivity index (χ0) is 16.4. The average Bonchev–Trinajstić information content (AvgIpc) is 3.30. The molecule has 0 bridgehead atoms. The van der Waals surface area contributed by atoms with E-state index in [2.05, 4.69) is 15.1 Å². The standard InChI is InChI=1S/C16H21N5O3/c22-15(14-2-1-5-18-14)20-6-7-23-10-16(9-20)4-3-13(24-16)8-21-12-17-11-19-21/h1-2,5,11-13,18H,3-4,6-10H2/t13-,16-/m0/s1. The van der Waals surface area contributed by atoms with Crippen LogP contribution in [0.2, 0.25) is 0 Å². The fraction of sp³-hybridized carbons (Fsp3) is 0.562. The van der Waals surface area contributed by atoms with Crippen LogP contribution in [0.4, 0.5) is 0 Å². The van der Waals surface area contributed by atoms with Gasteiger partial charge in [0.25, 0.3) is 5.91 Å². The number of hydrogen-bond acceptors (Lipinski definition) is 5. The molecule has 2 aromatic heterocycles. The Morgan fingerprint density at radius 2 is 2.46 bits per heavy atom. The zero-order valence-electron chi connectivity index (χ0n) is 13.4. The smallest absolute Gasteiger partial charge is 0.270 e. The van der Waals surface area contributed by atoms with Crippen molar-refractivity contribution >= 4 is 5.91 Å². The fourth-order valence-corrected chi connectivity index (χ4v) is 3.49. The molecule has 2 fully saturated rings. The van der Waals surface area contributed by atoms with Gasteiger partial charge in [-0.1, -0.05) is 0 Å². The lowest BCUT2D eigenvalue weighted by atomic mass is 10.00. The number of amides is 1. The molecule has 4 heterocycles. The number of carbonyl (C=O) groups excluding carboxylic acids is 1. The van der Waals surface area contributed by atoms with Gasteiger partial charge < -0.3 is 19.4 Å². The van der Waals surface area contributed by atoms with Crippen LogP contribution in [0.15, 0.2) is 31.0 Å². The molecule has 2 aliphatic heterocycles. The summed E-state index contributed by atoms with van der Waals surface area (Å²) >= 11 is 0. The van der Waals surface area contributed by atoms with Gasteiger partial charge in [0, 0.05) is 12.7 Å². The van der Waals surface area contributed by atoms with Crippen LogP contribution in [-0.2, 0) is 16.0 Å². The molecule has 2 aliphatic rings. The Bertz CT molecular complexity index is 672. The Labute approximate surface area is 139 Å². The third-order valence-electron chi connectivity index (χ3n) is 4.66. The minimum absolute atomic E-state index is 0.00630. The minimum atomic E-state index is -0.427. The predicted octanol–water partition coefficient (Wildman–Crippen LogP) is 0.697. The Balaban J connectivity index is 1.45. The third-order valence-corrected chi connectivity index (χ3v) is 4.66. The first kappa shape index (κ1) is 15.3. The number of nitrogens with one attached hydrogen (secondary N) is 1. The van der Waals surface area contributed by atoms with Gasteiger partial charge in [-0.25, -0.2) is 4.98 Å². The average molecular weight is 331 g/mol. The Morgan fingerprint density at radius 1 is 1.50 bits per heavy atom. The quantitative estimate of drug-likeness (QED) is 0.895. The molecule has 1 N–H and O–H groups in total. The number of rotatable bonds is 3. The highest BCUT2D eigenvalue weighted by Gasteiger charge is 2.44. The lowest BCUT2D eigenvalue weighted by Gasteiger charge is -2.31. The normalized spacial score (nSPS) is 27.5. The summed E-state index contributed by atoms with van der Waals surface area (Å²) < 4.78 is 13.9. The third kappa shape index (κ3) is 3.07. The van der Waals surface area contributed by atoms with E-state index in [1.54, 1.807) is 23.3 Å². The molecule has 2 aromatic rings. The maximum atomic E-state index is 12.7. The van der Waals surface area contributed by atoms with E-state index in [9.17, 15) is 4.79 Å². The summed E-state index contributed by atoms with van der Waals surface area (Å²) in [5.41, 5.74) is 0.175. The van der Waals surface area contributed by atoms with Crippen molar-refractivity contribution in [1.29, 1.82) is 0 Å². The number of carbonyl (C=O) groups is 1. The molecule has 8 heteroatoms. The number of H-pyrrole nitrogens is 1. The summed E-state index contributed by atoms with van der Waals surface area (Å²) in [7, 11) is 0. The van der Waals surface area contributed by atoms with Crippen molar-refractivity contribution in [1.82, 2.24) is 24.6 Å². The van der Waals surface area contributed by atoms with Gasteiger partial charge in [-0.2, -0.15) is 5.10 Å². The molecule has 128 valence electrons. The number of hydrogen-bond donors (Lipinski definition) is 1. The van der Waals surface area contributed by atoms with Crippen molar-refractivity contribution < 1.29 is 14.3 Å². The topological polar surface area (TPSA) is 85.3 Å². The summed E-state index contributed by atoms with van der Waals surface area (Å²) in [5, 5.41) is 4.13. The zero-order valence-corrected chi connectivity index (χ0v) is 13.4. The van der Waals surface area contributed by atoms with Crippen molar-refractivity contribution in [2.75, 3.05) is 26.3 Å². The number of ether oxygens (including phenoxy) is 2. The van der Waals surface area contributed by atoms with Crippen molar-refractivity contribution in [3.05, 3.63) is 36.7 Å². The Hall–Kier alpha value is -2.19. The molecule has 1 amide bonds. The van der Waals surface area contributed by atoms with Gasteiger partial charge in [0.2, 0.25) is 0 Å². The maximum absolute atomic E-state index is 12.7. The second-order valence-electron chi connectivity index (χ2n) is 6.44. The molecule has 0 aromatic carbocycles. The van der Waals surface area contributed by atoms with E-state index < -0.39 is 5.60 Å². The molecule has 0 aliphatic carbocycles. The highest BCUT2D eigenvalue weighted by Crippen LogP contribution is 2.33. The van der Waals surface area contributed by atoms with E-state index in [1.165, 1.54) is 6.33 Å². The first-order chi connectivity index (χ1) is 11.7. The van der Waals surface area contributed by atoms with Crippen LogP contribution in [0.3, 0.4) is 0 Å². The van der Waals surface area contributed by atoms with Crippen molar-refractivity contribution in [3.8, 4) is 0 Å². The molecular weight excluding hydrogens is 310 g/mol. The predicted molar refractivity (Wildman–Crippen MR) is 84.4 cm³/mol. The maximum Gasteiger partial charge on any atom is 0.270 e. The molecule has 1 spiro atoms. The number of aromatic amines is 1. The van der Waals surface area contributed by atoms with Crippen molar-refractivity contribution in [2.24, 2.45) is 0 Å². The van der Waals surface area contributed by atoms with E-state index in [0.717, 1.165) is 12.8 Å². The van der Waals surface area contributed by atoms with Crippen LogP contribution in [-0.4, -0.2) is 68.6 Å². The van der Waals surface area contributed by atoms with Gasteiger partial charge >= 0.3 is 0 Å². The summed E-state index contributed by atoms with van der Waals surface area (Å²) in [6.45, 7) is 2.86.